The Balaban J connectivity index is 1.61. The second-order valence-corrected chi connectivity index (χ2v) is 7.31. The molecule has 2 heterocycles. The number of amides is 1. The molecule has 2 aliphatic rings. The van der Waals surface area contributed by atoms with E-state index in [1.54, 1.807) is 0 Å². The molecule has 0 bridgehead atoms. The van der Waals surface area contributed by atoms with Crippen LogP contribution in [0.3, 0.4) is 0 Å². The molecule has 2 aromatic rings. The van der Waals surface area contributed by atoms with Gasteiger partial charge in [0.15, 0.2) is 0 Å². The highest BCUT2D eigenvalue weighted by molar-refractivity contribution is 6.07. The summed E-state index contributed by atoms with van der Waals surface area (Å²) in [6.07, 6.45) is 4.73. The number of nitrogens with zero attached hydrogens (tertiary/aromatic N) is 1. The molecule has 0 radical (unpaired) electrons. The summed E-state index contributed by atoms with van der Waals surface area (Å²) in [5.41, 5.74) is 4.46. The van der Waals surface area contributed by atoms with Gasteiger partial charge in [-0.1, -0.05) is 12.1 Å². The number of ether oxygens (including phenoxy) is 1. The van der Waals surface area contributed by atoms with Crippen LogP contribution in [-0.4, -0.2) is 54.7 Å². The molecule has 1 aliphatic carbocycles. The van der Waals surface area contributed by atoms with Gasteiger partial charge in [0.2, 0.25) is 0 Å². The lowest BCUT2D eigenvalue weighted by Crippen LogP contribution is -2.44. The number of H-pyrrole nitrogens is 1. The maximum atomic E-state index is 13.0. The third kappa shape index (κ3) is 3.07. The van der Waals surface area contributed by atoms with Gasteiger partial charge >= 0.3 is 0 Å². The Labute approximate surface area is 148 Å². The predicted molar refractivity (Wildman–Crippen MR) is 99.1 cm³/mol. The first kappa shape index (κ1) is 16.6. The van der Waals surface area contributed by atoms with Crippen molar-refractivity contribution < 1.29 is 9.53 Å². The highest BCUT2D eigenvalue weighted by Crippen LogP contribution is 2.30. The van der Waals surface area contributed by atoms with E-state index in [9.17, 15) is 4.79 Å². The topological polar surface area (TPSA) is 57.4 Å². The summed E-state index contributed by atoms with van der Waals surface area (Å²) in [7, 11) is 2.07. The Morgan fingerprint density at radius 1 is 1.32 bits per heavy atom. The molecule has 5 heteroatoms. The summed E-state index contributed by atoms with van der Waals surface area (Å²) in [6, 6.07) is 6.10. The Morgan fingerprint density at radius 3 is 3.00 bits per heavy atom. The standard InChI is InChI=1S/C20H27N3O2/c1-3-25-18-12-23(2)11-17(18)22-20(24)15-9-6-8-14-13-7-4-5-10-16(13)21-19(14)15/h6,8-9,17-18,21H,3-5,7,10-12H2,1-2H3,(H,22,24). The smallest absolute Gasteiger partial charge is 0.253 e. The second kappa shape index (κ2) is 6.81. The van der Waals surface area contributed by atoms with E-state index in [0.717, 1.165) is 37.0 Å². The number of fused-ring (bicyclic) bond motifs is 3. The maximum absolute atomic E-state index is 13.0. The van der Waals surface area contributed by atoms with Gasteiger partial charge in [0.05, 0.1) is 23.2 Å². The third-order valence-corrected chi connectivity index (χ3v) is 5.52. The van der Waals surface area contributed by atoms with E-state index < -0.39 is 0 Å². The third-order valence-electron chi connectivity index (χ3n) is 5.52. The molecule has 1 fully saturated rings. The van der Waals surface area contributed by atoms with Gasteiger partial charge in [0.25, 0.3) is 5.91 Å². The van der Waals surface area contributed by atoms with Crippen LogP contribution in [0.5, 0.6) is 0 Å². The molecule has 1 aliphatic heterocycles. The first-order valence-electron chi connectivity index (χ1n) is 9.40. The minimum Gasteiger partial charge on any atom is -0.375 e. The van der Waals surface area contributed by atoms with Gasteiger partial charge < -0.3 is 19.9 Å². The average molecular weight is 341 g/mol. The van der Waals surface area contributed by atoms with E-state index in [1.807, 2.05) is 19.1 Å². The molecule has 0 saturated carbocycles. The summed E-state index contributed by atoms with van der Waals surface area (Å²) in [6.45, 7) is 4.36. The molecule has 134 valence electrons. The summed E-state index contributed by atoms with van der Waals surface area (Å²) < 4.78 is 5.81. The van der Waals surface area contributed by atoms with Gasteiger partial charge in [-0.25, -0.2) is 0 Å². The van der Waals surface area contributed by atoms with Crippen LogP contribution in [0.1, 0.15) is 41.4 Å². The summed E-state index contributed by atoms with van der Waals surface area (Å²) >= 11 is 0. The molecule has 1 amide bonds. The highest BCUT2D eigenvalue weighted by atomic mass is 16.5. The molecule has 4 rings (SSSR count). The lowest BCUT2D eigenvalue weighted by molar-refractivity contribution is 0.0513. The number of aromatic nitrogens is 1. The SMILES string of the molecule is CCOC1CN(C)CC1NC(=O)c1cccc2c3c([nH]c12)CCCC3. The van der Waals surface area contributed by atoms with Crippen LogP contribution in [0, 0.1) is 0 Å². The molecular weight excluding hydrogens is 314 g/mol. The molecule has 1 aromatic carbocycles. The quantitative estimate of drug-likeness (QED) is 0.898. The van der Waals surface area contributed by atoms with Crippen LogP contribution < -0.4 is 5.32 Å². The molecule has 2 unspecified atom stereocenters. The number of rotatable bonds is 4. The fraction of sp³-hybridized carbons (Fsp3) is 0.550. The minimum absolute atomic E-state index is 0.00537. The van der Waals surface area contributed by atoms with Crippen molar-refractivity contribution in [3.05, 3.63) is 35.0 Å². The van der Waals surface area contributed by atoms with Crippen molar-refractivity contribution in [2.75, 3.05) is 26.7 Å². The number of aromatic amines is 1. The zero-order chi connectivity index (χ0) is 17.4. The number of benzene rings is 1. The van der Waals surface area contributed by atoms with E-state index in [-0.39, 0.29) is 18.1 Å². The maximum Gasteiger partial charge on any atom is 0.253 e. The number of aryl methyl sites for hydroxylation is 2. The number of carbonyl (C=O) groups excluding carboxylic acids is 1. The van der Waals surface area contributed by atoms with Gasteiger partial charge in [-0.15, -0.1) is 0 Å². The number of likely N-dealkylation sites (N-methyl/N-ethyl adjacent to an activating group) is 1. The fourth-order valence-electron chi connectivity index (χ4n) is 4.35. The number of likely N-dealkylation sites (tertiary alicyclic amines) is 1. The zero-order valence-electron chi connectivity index (χ0n) is 15.1. The van der Waals surface area contributed by atoms with Crippen LogP contribution in [0.25, 0.3) is 10.9 Å². The lowest BCUT2D eigenvalue weighted by Gasteiger charge is -2.20. The van der Waals surface area contributed by atoms with Crippen molar-refractivity contribution in [1.82, 2.24) is 15.2 Å². The molecule has 1 saturated heterocycles. The number of hydrogen-bond donors (Lipinski definition) is 2. The largest absolute Gasteiger partial charge is 0.375 e. The van der Waals surface area contributed by atoms with E-state index >= 15 is 0 Å². The van der Waals surface area contributed by atoms with Crippen molar-refractivity contribution in [3.63, 3.8) is 0 Å². The van der Waals surface area contributed by atoms with Crippen molar-refractivity contribution in [1.29, 1.82) is 0 Å². The summed E-state index contributed by atoms with van der Waals surface area (Å²) in [4.78, 5) is 18.7. The van der Waals surface area contributed by atoms with Crippen molar-refractivity contribution in [2.45, 2.75) is 44.8 Å². The first-order chi connectivity index (χ1) is 12.2. The predicted octanol–water partition coefficient (Wildman–Crippen LogP) is 2.50. The van der Waals surface area contributed by atoms with Crippen LogP contribution in [0.15, 0.2) is 18.2 Å². The van der Waals surface area contributed by atoms with Crippen molar-refractivity contribution in [2.24, 2.45) is 0 Å². The zero-order valence-corrected chi connectivity index (χ0v) is 15.1. The molecule has 1 aromatic heterocycles. The molecule has 25 heavy (non-hydrogen) atoms. The van der Waals surface area contributed by atoms with Crippen molar-refractivity contribution in [3.8, 4) is 0 Å². The van der Waals surface area contributed by atoms with E-state index in [1.165, 1.54) is 29.5 Å². The fourth-order valence-corrected chi connectivity index (χ4v) is 4.35. The van der Waals surface area contributed by atoms with Crippen LogP contribution in [0.2, 0.25) is 0 Å². The Kier molecular flexibility index (Phi) is 4.52. The Morgan fingerprint density at radius 2 is 2.16 bits per heavy atom. The second-order valence-electron chi connectivity index (χ2n) is 7.31. The lowest BCUT2D eigenvalue weighted by atomic mass is 9.95. The van der Waals surface area contributed by atoms with Gasteiger partial charge in [0.1, 0.15) is 0 Å². The van der Waals surface area contributed by atoms with Gasteiger partial charge in [-0.05, 0) is 51.3 Å². The van der Waals surface area contributed by atoms with Crippen LogP contribution >= 0.6 is 0 Å². The number of para-hydroxylation sites is 1. The average Bonchev–Trinajstić information content (AvgIpc) is 3.15. The van der Waals surface area contributed by atoms with Gasteiger partial charge in [-0.3, -0.25) is 4.79 Å². The highest BCUT2D eigenvalue weighted by Gasteiger charge is 2.33. The molecule has 2 N–H and O–H groups in total. The number of carbonyl (C=O) groups is 1. The molecule has 5 nitrogen and oxygen atoms in total. The Bertz CT molecular complexity index is 783. The normalized spacial score (nSPS) is 23.8. The van der Waals surface area contributed by atoms with E-state index in [0.29, 0.717) is 6.61 Å². The first-order valence-corrected chi connectivity index (χ1v) is 9.40. The number of nitrogens with one attached hydrogen (secondary N) is 2. The number of hydrogen-bond acceptors (Lipinski definition) is 3. The van der Waals surface area contributed by atoms with E-state index in [2.05, 4.69) is 28.3 Å². The van der Waals surface area contributed by atoms with Gasteiger partial charge in [-0.2, -0.15) is 0 Å². The minimum atomic E-state index is -0.00537. The molecular formula is C20H27N3O2. The molecule has 2 atom stereocenters. The molecule has 0 spiro atoms. The Hall–Kier alpha value is -1.85. The summed E-state index contributed by atoms with van der Waals surface area (Å²) in [5.74, 6) is -0.00537. The van der Waals surface area contributed by atoms with Crippen LogP contribution in [-0.2, 0) is 17.6 Å². The summed E-state index contributed by atoms with van der Waals surface area (Å²) in [5, 5.41) is 4.42. The monoisotopic (exact) mass is 341 g/mol. The van der Waals surface area contributed by atoms with E-state index in [4.69, 9.17) is 4.74 Å². The van der Waals surface area contributed by atoms with Crippen molar-refractivity contribution >= 4 is 16.8 Å². The van der Waals surface area contributed by atoms with Gasteiger partial charge in [0, 0.05) is 30.8 Å². The van der Waals surface area contributed by atoms with Crippen LogP contribution in [0.4, 0.5) is 0 Å².